The fourth-order valence-electron chi connectivity index (χ4n) is 3.92. The molecular weight excluding hydrogens is 438 g/mol. The predicted molar refractivity (Wildman–Crippen MR) is 120 cm³/mol. The van der Waals surface area contributed by atoms with Crippen LogP contribution in [0.5, 0.6) is 0 Å². The summed E-state index contributed by atoms with van der Waals surface area (Å²) in [4.78, 5) is 16.6. The zero-order chi connectivity index (χ0) is 22.8. The molecule has 1 aromatic carbocycles. The van der Waals surface area contributed by atoms with Crippen molar-refractivity contribution in [3.63, 3.8) is 0 Å². The van der Waals surface area contributed by atoms with Gasteiger partial charge in [0.15, 0.2) is 5.79 Å². The van der Waals surface area contributed by atoms with Crippen LogP contribution in [0, 0.1) is 5.92 Å². The third kappa shape index (κ3) is 6.71. The summed E-state index contributed by atoms with van der Waals surface area (Å²) in [5, 5.41) is 0. The summed E-state index contributed by atoms with van der Waals surface area (Å²) in [5.74, 6) is -1.13. The number of carbonyl (C=O) groups excluding carboxylic acids is 1. The number of ether oxygens (including phenoxy) is 3. The summed E-state index contributed by atoms with van der Waals surface area (Å²) >= 11 is 1.16. The molecule has 7 nitrogen and oxygen atoms in total. The maximum atomic E-state index is 13.0. The van der Waals surface area contributed by atoms with Crippen LogP contribution >= 0.6 is 11.3 Å². The zero-order valence-electron chi connectivity index (χ0n) is 18.7. The van der Waals surface area contributed by atoms with Gasteiger partial charge in [-0.2, -0.15) is 0 Å². The van der Waals surface area contributed by atoms with E-state index in [4.69, 9.17) is 14.2 Å². The van der Waals surface area contributed by atoms with Crippen LogP contribution < -0.4 is 0 Å². The SMILES string of the molecule is CC(C)CC(C)OC(=O)C[C@H]1C[C@@H](CS(=O)(=O)c2nc3ccccc3s2)OC(C)(C)O1. The van der Waals surface area contributed by atoms with Crippen LogP contribution in [-0.2, 0) is 28.8 Å². The number of hydrogen-bond acceptors (Lipinski definition) is 8. The Morgan fingerprint density at radius 2 is 1.90 bits per heavy atom. The summed E-state index contributed by atoms with van der Waals surface area (Å²) < 4.78 is 44.1. The Balaban J connectivity index is 1.66. The van der Waals surface area contributed by atoms with Crippen molar-refractivity contribution < 1.29 is 27.4 Å². The molecule has 1 saturated heterocycles. The molecule has 0 radical (unpaired) electrons. The second kappa shape index (κ2) is 9.52. The lowest BCUT2D eigenvalue weighted by Crippen LogP contribution is -2.47. The van der Waals surface area contributed by atoms with Crippen molar-refractivity contribution >= 4 is 37.4 Å². The van der Waals surface area contributed by atoms with Crippen molar-refractivity contribution in [1.82, 2.24) is 4.98 Å². The molecular formula is C22H31NO6S2. The van der Waals surface area contributed by atoms with E-state index < -0.39 is 27.8 Å². The van der Waals surface area contributed by atoms with Crippen molar-refractivity contribution in [3.8, 4) is 0 Å². The first-order valence-corrected chi connectivity index (χ1v) is 13.0. The Morgan fingerprint density at radius 3 is 2.58 bits per heavy atom. The smallest absolute Gasteiger partial charge is 0.308 e. The van der Waals surface area contributed by atoms with Crippen molar-refractivity contribution in [2.24, 2.45) is 5.92 Å². The first-order valence-electron chi connectivity index (χ1n) is 10.6. The second-order valence-corrected chi connectivity index (χ2v) is 12.2. The molecule has 1 unspecified atom stereocenters. The average molecular weight is 470 g/mol. The van der Waals surface area contributed by atoms with Crippen LogP contribution in [0.15, 0.2) is 28.6 Å². The zero-order valence-corrected chi connectivity index (χ0v) is 20.3. The van der Waals surface area contributed by atoms with Crippen molar-refractivity contribution in [2.45, 2.75) is 82.3 Å². The van der Waals surface area contributed by atoms with Crippen LogP contribution in [0.25, 0.3) is 10.2 Å². The predicted octanol–water partition coefficient (Wildman–Crippen LogP) is 4.35. The number of carbonyl (C=O) groups is 1. The molecule has 0 bridgehead atoms. The van der Waals surface area contributed by atoms with Crippen molar-refractivity contribution in [1.29, 1.82) is 0 Å². The number of fused-ring (bicyclic) bond motifs is 1. The lowest BCUT2D eigenvalue weighted by molar-refractivity contribution is -0.295. The maximum Gasteiger partial charge on any atom is 0.308 e. The van der Waals surface area contributed by atoms with E-state index in [1.54, 1.807) is 19.9 Å². The molecule has 3 atom stereocenters. The quantitative estimate of drug-likeness (QED) is 0.531. The highest BCUT2D eigenvalue weighted by molar-refractivity contribution is 7.93. The Labute approximate surface area is 188 Å². The topological polar surface area (TPSA) is 91.8 Å². The molecule has 172 valence electrons. The lowest BCUT2D eigenvalue weighted by Gasteiger charge is -2.40. The number of para-hydroxylation sites is 1. The number of aromatic nitrogens is 1. The van der Waals surface area contributed by atoms with Gasteiger partial charge >= 0.3 is 5.97 Å². The highest BCUT2D eigenvalue weighted by atomic mass is 32.2. The van der Waals surface area contributed by atoms with E-state index in [0.717, 1.165) is 22.5 Å². The molecule has 1 aliphatic heterocycles. The van der Waals surface area contributed by atoms with E-state index in [-0.39, 0.29) is 28.6 Å². The van der Waals surface area contributed by atoms with E-state index in [1.165, 1.54) is 0 Å². The third-order valence-electron chi connectivity index (χ3n) is 4.90. The van der Waals surface area contributed by atoms with E-state index in [0.29, 0.717) is 17.9 Å². The number of thiazole rings is 1. The van der Waals surface area contributed by atoms with E-state index >= 15 is 0 Å². The van der Waals surface area contributed by atoms with Crippen LogP contribution in [0.2, 0.25) is 0 Å². The van der Waals surface area contributed by atoms with Gasteiger partial charge in [0.25, 0.3) is 0 Å². The van der Waals surface area contributed by atoms with Gasteiger partial charge in [-0.3, -0.25) is 4.79 Å². The number of sulfone groups is 1. The number of rotatable bonds is 8. The molecule has 1 aromatic heterocycles. The standard InChI is InChI=1S/C22H31NO6S2/c1-14(2)10-15(3)27-20(24)12-16-11-17(29-22(4,5)28-16)13-31(25,26)21-23-18-8-6-7-9-19(18)30-21/h6-9,14-17H,10-13H2,1-5H3/t15?,16-,17+/m1/s1. The molecule has 1 fully saturated rings. The number of benzene rings is 1. The largest absolute Gasteiger partial charge is 0.463 e. The minimum Gasteiger partial charge on any atom is -0.463 e. The fraction of sp³-hybridized carbons (Fsp3) is 0.636. The molecule has 0 aliphatic carbocycles. The lowest BCUT2D eigenvalue weighted by atomic mass is 10.1. The van der Waals surface area contributed by atoms with Crippen LogP contribution in [0.4, 0.5) is 0 Å². The van der Waals surface area contributed by atoms with Gasteiger partial charge in [-0.1, -0.05) is 26.0 Å². The third-order valence-corrected chi connectivity index (χ3v) is 8.18. The van der Waals surface area contributed by atoms with Crippen LogP contribution in [0.1, 0.15) is 53.9 Å². The summed E-state index contributed by atoms with van der Waals surface area (Å²) in [6, 6.07) is 7.32. The van der Waals surface area contributed by atoms with Crippen molar-refractivity contribution in [2.75, 3.05) is 5.75 Å². The highest BCUT2D eigenvalue weighted by Crippen LogP contribution is 2.32. The van der Waals surface area contributed by atoms with Gasteiger partial charge in [0.1, 0.15) is 0 Å². The molecule has 2 aromatic rings. The molecule has 0 saturated carbocycles. The molecule has 1 aliphatic rings. The summed E-state index contributed by atoms with van der Waals surface area (Å²) in [5.41, 5.74) is 0.662. The first-order chi connectivity index (χ1) is 14.4. The van der Waals surface area contributed by atoms with E-state index in [9.17, 15) is 13.2 Å². The monoisotopic (exact) mass is 469 g/mol. The Kier molecular flexibility index (Phi) is 7.40. The van der Waals surface area contributed by atoms with Crippen LogP contribution in [0.3, 0.4) is 0 Å². The molecule has 9 heteroatoms. The minimum absolute atomic E-state index is 0.0624. The molecule has 0 spiro atoms. The fourth-order valence-corrected chi connectivity index (χ4v) is 6.67. The van der Waals surface area contributed by atoms with Gasteiger partial charge in [-0.15, -0.1) is 11.3 Å². The average Bonchev–Trinajstić information content (AvgIpc) is 3.03. The second-order valence-electron chi connectivity index (χ2n) is 8.98. The Hall–Kier alpha value is -1.55. The highest BCUT2D eigenvalue weighted by Gasteiger charge is 2.39. The Morgan fingerprint density at radius 1 is 1.23 bits per heavy atom. The molecule has 31 heavy (non-hydrogen) atoms. The number of hydrogen-bond donors (Lipinski definition) is 0. The van der Waals surface area contributed by atoms with Gasteiger partial charge in [0.2, 0.25) is 14.2 Å². The number of nitrogens with zero attached hydrogens (tertiary/aromatic N) is 1. The van der Waals surface area contributed by atoms with Crippen molar-refractivity contribution in [3.05, 3.63) is 24.3 Å². The van der Waals surface area contributed by atoms with Gasteiger partial charge in [-0.05, 0) is 45.2 Å². The normalized spacial score (nSPS) is 22.5. The first kappa shape index (κ1) is 24.1. The molecule has 2 heterocycles. The molecule has 3 rings (SSSR count). The summed E-state index contributed by atoms with van der Waals surface area (Å²) in [6.07, 6.45) is -0.108. The van der Waals surface area contributed by atoms with Gasteiger partial charge in [0.05, 0.1) is 40.7 Å². The molecule has 0 amide bonds. The maximum absolute atomic E-state index is 13.0. The minimum atomic E-state index is -3.65. The Bertz CT molecular complexity index is 981. The number of esters is 1. The van der Waals surface area contributed by atoms with Gasteiger partial charge in [0, 0.05) is 6.42 Å². The van der Waals surface area contributed by atoms with Gasteiger partial charge < -0.3 is 14.2 Å². The summed E-state index contributed by atoms with van der Waals surface area (Å²) in [7, 11) is -3.65. The molecule has 0 N–H and O–H groups in total. The van der Waals surface area contributed by atoms with Gasteiger partial charge in [-0.25, -0.2) is 13.4 Å². The van der Waals surface area contributed by atoms with Crippen LogP contribution in [-0.4, -0.2) is 49.2 Å². The van der Waals surface area contributed by atoms with E-state index in [1.807, 2.05) is 25.1 Å². The van der Waals surface area contributed by atoms with E-state index in [2.05, 4.69) is 18.8 Å². The summed E-state index contributed by atoms with van der Waals surface area (Å²) in [6.45, 7) is 9.47.